The summed E-state index contributed by atoms with van der Waals surface area (Å²) in [6, 6.07) is 14.8. The fourth-order valence-corrected chi connectivity index (χ4v) is 2.61. The Kier molecular flexibility index (Phi) is 5.01. The van der Waals surface area contributed by atoms with Gasteiger partial charge in [-0.1, -0.05) is 31.2 Å². The highest BCUT2D eigenvalue weighted by molar-refractivity contribution is 7.99. The molecule has 0 saturated heterocycles. The molecule has 4 nitrogen and oxygen atoms in total. The number of nitrogens with zero attached hydrogens (tertiary/aromatic N) is 1. The number of nitro groups is 1. The number of hydrogen-bond donors (Lipinski definition) is 1. The van der Waals surface area contributed by atoms with Gasteiger partial charge in [0.2, 0.25) is 0 Å². The number of rotatable bonds is 6. The van der Waals surface area contributed by atoms with E-state index < -0.39 is 0 Å². The molecule has 0 saturated carbocycles. The van der Waals surface area contributed by atoms with Crippen molar-refractivity contribution >= 4 is 23.1 Å². The van der Waals surface area contributed by atoms with Crippen LogP contribution in [0.2, 0.25) is 0 Å². The summed E-state index contributed by atoms with van der Waals surface area (Å²) < 4.78 is 0. The van der Waals surface area contributed by atoms with Crippen molar-refractivity contribution in [1.29, 1.82) is 0 Å². The quantitative estimate of drug-likeness (QED) is 0.488. The number of nitro benzene ring substituents is 1. The topological polar surface area (TPSA) is 55.2 Å². The Morgan fingerprint density at radius 3 is 2.50 bits per heavy atom. The van der Waals surface area contributed by atoms with Crippen LogP contribution in [0, 0.1) is 10.1 Å². The fourth-order valence-electron chi connectivity index (χ4n) is 1.83. The van der Waals surface area contributed by atoms with Crippen molar-refractivity contribution in [3.63, 3.8) is 0 Å². The minimum absolute atomic E-state index is 0.121. The molecule has 0 atom stereocenters. The molecule has 0 aliphatic rings. The second-order valence-corrected chi connectivity index (χ2v) is 5.51. The van der Waals surface area contributed by atoms with Crippen molar-refractivity contribution < 1.29 is 4.92 Å². The van der Waals surface area contributed by atoms with Gasteiger partial charge in [-0.25, -0.2) is 0 Å². The molecule has 0 amide bonds. The molecule has 0 heterocycles. The molecule has 0 fully saturated rings. The number of nitrogens with one attached hydrogen (secondary N) is 1. The minimum Gasteiger partial charge on any atom is -0.380 e. The van der Waals surface area contributed by atoms with Crippen LogP contribution in [0.3, 0.4) is 0 Å². The summed E-state index contributed by atoms with van der Waals surface area (Å²) in [5.74, 6) is 1.02. The van der Waals surface area contributed by atoms with E-state index in [2.05, 4.69) is 18.3 Å². The number of para-hydroxylation sites is 1. The monoisotopic (exact) mass is 288 g/mol. The van der Waals surface area contributed by atoms with Crippen LogP contribution in [0.1, 0.15) is 12.5 Å². The first kappa shape index (κ1) is 14.4. The molecule has 0 spiro atoms. The fraction of sp³-hybridized carbons (Fsp3) is 0.200. The summed E-state index contributed by atoms with van der Waals surface area (Å²) in [5.41, 5.74) is 2.24. The Bertz CT molecular complexity index is 585. The van der Waals surface area contributed by atoms with Crippen LogP contribution in [-0.2, 0) is 6.54 Å². The maximum absolute atomic E-state index is 10.6. The predicted octanol–water partition coefficient (Wildman–Crippen LogP) is 4.32. The third-order valence-corrected chi connectivity index (χ3v) is 3.77. The molecule has 0 bridgehead atoms. The smallest absolute Gasteiger partial charge is 0.269 e. The van der Waals surface area contributed by atoms with Crippen molar-refractivity contribution in [3.05, 3.63) is 64.2 Å². The summed E-state index contributed by atoms with van der Waals surface area (Å²) in [6.45, 7) is 2.77. The van der Waals surface area contributed by atoms with E-state index in [9.17, 15) is 10.1 Å². The van der Waals surface area contributed by atoms with Crippen LogP contribution in [0.25, 0.3) is 0 Å². The molecule has 104 valence electrons. The van der Waals surface area contributed by atoms with Gasteiger partial charge in [0.05, 0.1) is 4.92 Å². The van der Waals surface area contributed by atoms with E-state index in [1.807, 2.05) is 18.2 Å². The molecule has 2 aromatic carbocycles. The van der Waals surface area contributed by atoms with Crippen molar-refractivity contribution in [1.82, 2.24) is 0 Å². The molecule has 0 unspecified atom stereocenters. The number of benzene rings is 2. The highest BCUT2D eigenvalue weighted by Gasteiger charge is 2.05. The van der Waals surface area contributed by atoms with Crippen LogP contribution < -0.4 is 5.32 Å². The summed E-state index contributed by atoms with van der Waals surface area (Å²) in [4.78, 5) is 11.4. The average Bonchev–Trinajstić information content (AvgIpc) is 2.47. The Morgan fingerprint density at radius 1 is 1.15 bits per heavy atom. The molecular formula is C15H16N2O2S. The Balaban J connectivity index is 2.03. The van der Waals surface area contributed by atoms with Gasteiger partial charge in [0.25, 0.3) is 5.69 Å². The van der Waals surface area contributed by atoms with Gasteiger partial charge in [-0.3, -0.25) is 10.1 Å². The first-order valence-corrected chi connectivity index (χ1v) is 7.38. The van der Waals surface area contributed by atoms with Crippen LogP contribution in [0.15, 0.2) is 53.4 Å². The third-order valence-electron chi connectivity index (χ3n) is 2.82. The van der Waals surface area contributed by atoms with E-state index in [1.54, 1.807) is 23.9 Å². The second kappa shape index (κ2) is 6.96. The number of hydrogen-bond acceptors (Lipinski definition) is 4. The number of anilines is 1. The maximum atomic E-state index is 10.6. The zero-order chi connectivity index (χ0) is 14.4. The lowest BCUT2D eigenvalue weighted by Crippen LogP contribution is -2.00. The third kappa shape index (κ3) is 3.74. The van der Waals surface area contributed by atoms with Gasteiger partial charge in [-0.05, 0) is 23.4 Å². The van der Waals surface area contributed by atoms with E-state index in [4.69, 9.17) is 0 Å². The summed E-state index contributed by atoms with van der Waals surface area (Å²) in [7, 11) is 0. The SMILES string of the molecule is CCSc1ccccc1NCc1ccc([N+](=O)[O-])cc1. The lowest BCUT2D eigenvalue weighted by atomic mass is 10.2. The standard InChI is InChI=1S/C15H16N2O2S/c1-2-20-15-6-4-3-5-14(15)16-11-12-7-9-13(10-8-12)17(18)19/h3-10,16H,2,11H2,1H3. The first-order valence-electron chi connectivity index (χ1n) is 6.39. The van der Waals surface area contributed by atoms with Crippen LogP contribution in [-0.4, -0.2) is 10.7 Å². The van der Waals surface area contributed by atoms with Crippen LogP contribution in [0.5, 0.6) is 0 Å². The molecule has 0 radical (unpaired) electrons. The van der Waals surface area contributed by atoms with E-state index in [0.29, 0.717) is 6.54 Å². The van der Waals surface area contributed by atoms with Crippen molar-refractivity contribution in [2.75, 3.05) is 11.1 Å². The first-order chi connectivity index (χ1) is 9.70. The normalized spacial score (nSPS) is 10.2. The van der Waals surface area contributed by atoms with Crippen molar-refractivity contribution in [3.8, 4) is 0 Å². The van der Waals surface area contributed by atoms with E-state index >= 15 is 0 Å². The van der Waals surface area contributed by atoms with Gasteiger partial charge in [0, 0.05) is 29.3 Å². The van der Waals surface area contributed by atoms with Gasteiger partial charge >= 0.3 is 0 Å². The number of non-ortho nitro benzene ring substituents is 1. The zero-order valence-electron chi connectivity index (χ0n) is 11.2. The Labute approximate surface area is 122 Å². The van der Waals surface area contributed by atoms with Crippen molar-refractivity contribution in [2.45, 2.75) is 18.4 Å². The predicted molar refractivity (Wildman–Crippen MR) is 83.3 cm³/mol. The molecule has 0 aliphatic heterocycles. The highest BCUT2D eigenvalue weighted by atomic mass is 32.2. The molecule has 1 N–H and O–H groups in total. The lowest BCUT2D eigenvalue weighted by molar-refractivity contribution is -0.384. The Morgan fingerprint density at radius 2 is 1.85 bits per heavy atom. The van der Waals surface area contributed by atoms with E-state index in [-0.39, 0.29) is 10.6 Å². The highest BCUT2D eigenvalue weighted by Crippen LogP contribution is 2.27. The molecule has 20 heavy (non-hydrogen) atoms. The van der Waals surface area contributed by atoms with Gasteiger partial charge in [-0.15, -0.1) is 11.8 Å². The van der Waals surface area contributed by atoms with E-state index in [1.165, 1.54) is 17.0 Å². The zero-order valence-corrected chi connectivity index (χ0v) is 12.0. The molecule has 0 aromatic heterocycles. The molecule has 2 rings (SSSR count). The molecule has 2 aromatic rings. The summed E-state index contributed by atoms with van der Waals surface area (Å²) in [5, 5.41) is 14.0. The number of thioether (sulfide) groups is 1. The minimum atomic E-state index is -0.385. The van der Waals surface area contributed by atoms with Gasteiger partial charge in [-0.2, -0.15) is 0 Å². The van der Waals surface area contributed by atoms with Crippen LogP contribution >= 0.6 is 11.8 Å². The lowest BCUT2D eigenvalue weighted by Gasteiger charge is -2.11. The average molecular weight is 288 g/mol. The van der Waals surface area contributed by atoms with Gasteiger partial charge in [0.1, 0.15) is 0 Å². The molecule has 0 aliphatic carbocycles. The molecular weight excluding hydrogens is 272 g/mol. The summed E-state index contributed by atoms with van der Waals surface area (Å²) in [6.07, 6.45) is 0. The maximum Gasteiger partial charge on any atom is 0.269 e. The summed E-state index contributed by atoms with van der Waals surface area (Å²) >= 11 is 1.79. The molecule has 5 heteroatoms. The second-order valence-electron chi connectivity index (χ2n) is 4.21. The largest absolute Gasteiger partial charge is 0.380 e. The van der Waals surface area contributed by atoms with Gasteiger partial charge < -0.3 is 5.32 Å². The van der Waals surface area contributed by atoms with Crippen LogP contribution in [0.4, 0.5) is 11.4 Å². The Hall–Kier alpha value is -2.01. The van der Waals surface area contributed by atoms with Gasteiger partial charge in [0.15, 0.2) is 0 Å². The van der Waals surface area contributed by atoms with Crippen molar-refractivity contribution in [2.24, 2.45) is 0 Å². The van der Waals surface area contributed by atoms with E-state index in [0.717, 1.165) is 17.0 Å².